The molecule has 1 fully saturated rings. The molecule has 1 atom stereocenters. The summed E-state index contributed by atoms with van der Waals surface area (Å²) in [7, 11) is 2.21. The third kappa shape index (κ3) is 3.21. The number of likely N-dealkylation sites (N-methyl/N-ethyl adjacent to an activating group) is 1. The van der Waals surface area contributed by atoms with Crippen LogP contribution >= 0.6 is 0 Å². The van der Waals surface area contributed by atoms with Crippen LogP contribution in [-0.2, 0) is 6.54 Å². The molecule has 0 amide bonds. The molecule has 0 saturated carbocycles. The van der Waals surface area contributed by atoms with Crippen molar-refractivity contribution in [1.82, 2.24) is 14.7 Å². The zero-order valence-electron chi connectivity index (χ0n) is 12.4. The Kier molecular flexibility index (Phi) is 4.69. The fourth-order valence-corrected chi connectivity index (χ4v) is 2.77. The highest BCUT2D eigenvalue weighted by molar-refractivity contribution is 5.64. The van der Waals surface area contributed by atoms with Gasteiger partial charge in [0.15, 0.2) is 0 Å². The highest BCUT2D eigenvalue weighted by Gasteiger charge is 2.20. The van der Waals surface area contributed by atoms with Gasteiger partial charge in [0.05, 0.1) is 11.4 Å². The molecule has 1 unspecified atom stereocenters. The first kappa shape index (κ1) is 14.2. The van der Waals surface area contributed by atoms with Gasteiger partial charge < -0.3 is 16.0 Å². The zero-order chi connectivity index (χ0) is 13.8. The second-order valence-electron chi connectivity index (χ2n) is 5.58. The maximum absolute atomic E-state index is 6.12. The average Bonchev–Trinajstić information content (AvgIpc) is 2.65. The van der Waals surface area contributed by atoms with Gasteiger partial charge in [0, 0.05) is 19.1 Å². The predicted octanol–water partition coefficient (Wildman–Crippen LogP) is 2.08. The van der Waals surface area contributed by atoms with Gasteiger partial charge in [0.2, 0.25) is 0 Å². The molecule has 5 heteroatoms. The highest BCUT2D eigenvalue weighted by atomic mass is 15.3. The van der Waals surface area contributed by atoms with E-state index in [4.69, 9.17) is 5.73 Å². The van der Waals surface area contributed by atoms with Gasteiger partial charge in [-0.1, -0.05) is 13.3 Å². The number of nitrogens with two attached hydrogens (primary N) is 1. The van der Waals surface area contributed by atoms with Crippen molar-refractivity contribution in [2.45, 2.75) is 52.1 Å². The molecule has 0 aromatic carbocycles. The van der Waals surface area contributed by atoms with E-state index >= 15 is 0 Å². The smallest absolute Gasteiger partial charge is 0.148 e. The summed E-state index contributed by atoms with van der Waals surface area (Å²) in [6.07, 6.45) is 4.99. The van der Waals surface area contributed by atoms with E-state index in [1.54, 1.807) is 0 Å². The second-order valence-corrected chi connectivity index (χ2v) is 5.58. The number of hydrogen-bond donors (Lipinski definition) is 2. The Bertz CT molecular complexity index is 412. The van der Waals surface area contributed by atoms with E-state index in [1.165, 1.54) is 25.8 Å². The van der Waals surface area contributed by atoms with Crippen molar-refractivity contribution in [3.8, 4) is 0 Å². The molecule has 2 rings (SSSR count). The maximum Gasteiger partial charge on any atom is 0.148 e. The molecule has 0 bridgehead atoms. The van der Waals surface area contributed by atoms with Gasteiger partial charge in [0.25, 0.3) is 0 Å². The van der Waals surface area contributed by atoms with E-state index in [1.807, 2.05) is 11.6 Å². The molecule has 19 heavy (non-hydrogen) atoms. The lowest BCUT2D eigenvalue weighted by molar-refractivity contribution is 0.194. The number of nitrogens with one attached hydrogen (secondary N) is 1. The molecule has 5 nitrogen and oxygen atoms in total. The molecular formula is C14H27N5. The summed E-state index contributed by atoms with van der Waals surface area (Å²) in [6, 6.07) is 0.610. The van der Waals surface area contributed by atoms with E-state index in [2.05, 4.69) is 29.3 Å². The summed E-state index contributed by atoms with van der Waals surface area (Å²) in [5, 5.41) is 8.02. The molecule has 1 aromatic rings. The molecule has 0 spiro atoms. The third-order valence-corrected chi connectivity index (χ3v) is 4.04. The molecule has 1 aliphatic heterocycles. The second kappa shape index (κ2) is 6.28. The molecule has 1 saturated heterocycles. The van der Waals surface area contributed by atoms with Gasteiger partial charge in [-0.3, -0.25) is 0 Å². The lowest BCUT2D eigenvalue weighted by atomic mass is 10.0. The molecule has 108 valence electrons. The maximum atomic E-state index is 6.12. The van der Waals surface area contributed by atoms with Crippen molar-refractivity contribution in [2.24, 2.45) is 0 Å². The Balaban J connectivity index is 2.01. The van der Waals surface area contributed by atoms with Crippen LogP contribution in [0.5, 0.6) is 0 Å². The standard InChI is InChI=1S/C14H27N5/c1-4-8-19-14(13(15)11(2)17-19)16-10-12-7-5-6-9-18(12)3/h12,16H,4-10,15H2,1-3H3. The van der Waals surface area contributed by atoms with Gasteiger partial charge in [-0.2, -0.15) is 5.10 Å². The van der Waals surface area contributed by atoms with Crippen LogP contribution in [-0.4, -0.2) is 40.9 Å². The van der Waals surface area contributed by atoms with Crippen LogP contribution in [0, 0.1) is 6.92 Å². The highest BCUT2D eigenvalue weighted by Crippen LogP contribution is 2.23. The van der Waals surface area contributed by atoms with Crippen molar-refractivity contribution in [3.63, 3.8) is 0 Å². The van der Waals surface area contributed by atoms with Gasteiger partial charge in [-0.05, 0) is 39.8 Å². The minimum absolute atomic E-state index is 0.610. The molecule has 1 aliphatic rings. The summed E-state index contributed by atoms with van der Waals surface area (Å²) >= 11 is 0. The Morgan fingerprint density at radius 2 is 2.21 bits per heavy atom. The summed E-state index contributed by atoms with van der Waals surface area (Å²) in [4.78, 5) is 2.44. The lowest BCUT2D eigenvalue weighted by Crippen LogP contribution is -2.41. The van der Waals surface area contributed by atoms with E-state index in [9.17, 15) is 0 Å². The Morgan fingerprint density at radius 1 is 1.42 bits per heavy atom. The van der Waals surface area contributed by atoms with E-state index in [0.717, 1.165) is 36.7 Å². The van der Waals surface area contributed by atoms with Crippen LogP contribution in [0.15, 0.2) is 0 Å². The molecule has 2 heterocycles. The first-order chi connectivity index (χ1) is 9.13. The molecule has 0 aliphatic carbocycles. The predicted molar refractivity (Wildman–Crippen MR) is 80.4 cm³/mol. The molecule has 3 N–H and O–H groups in total. The number of piperidine rings is 1. The SMILES string of the molecule is CCCn1nc(C)c(N)c1NCC1CCCCN1C. The number of rotatable bonds is 5. The van der Waals surface area contributed by atoms with E-state index in [0.29, 0.717) is 6.04 Å². The number of anilines is 2. The lowest BCUT2D eigenvalue weighted by Gasteiger charge is -2.32. The Hall–Kier alpha value is -1.23. The van der Waals surface area contributed by atoms with Crippen molar-refractivity contribution in [2.75, 3.05) is 31.2 Å². The van der Waals surface area contributed by atoms with Crippen molar-refractivity contribution in [3.05, 3.63) is 5.69 Å². The van der Waals surface area contributed by atoms with Crippen molar-refractivity contribution >= 4 is 11.5 Å². The van der Waals surface area contributed by atoms with Gasteiger partial charge in [0.1, 0.15) is 5.82 Å². The number of aromatic nitrogens is 2. The molecule has 1 aromatic heterocycles. The number of likely N-dealkylation sites (tertiary alicyclic amines) is 1. The summed E-state index contributed by atoms with van der Waals surface area (Å²) in [5.74, 6) is 0.998. The minimum Gasteiger partial charge on any atom is -0.394 e. The van der Waals surface area contributed by atoms with E-state index in [-0.39, 0.29) is 0 Å². The first-order valence-corrected chi connectivity index (χ1v) is 7.40. The molecular weight excluding hydrogens is 238 g/mol. The number of aryl methyl sites for hydroxylation is 2. The summed E-state index contributed by atoms with van der Waals surface area (Å²) in [5.41, 5.74) is 7.85. The Labute approximate surface area is 116 Å². The fourth-order valence-electron chi connectivity index (χ4n) is 2.77. The monoisotopic (exact) mass is 265 g/mol. The van der Waals surface area contributed by atoms with Gasteiger partial charge in [-0.15, -0.1) is 0 Å². The number of nitrogen functional groups attached to an aromatic ring is 1. The quantitative estimate of drug-likeness (QED) is 0.856. The third-order valence-electron chi connectivity index (χ3n) is 4.04. The van der Waals surface area contributed by atoms with Crippen LogP contribution in [0.4, 0.5) is 11.5 Å². The first-order valence-electron chi connectivity index (χ1n) is 7.40. The average molecular weight is 265 g/mol. The zero-order valence-corrected chi connectivity index (χ0v) is 12.4. The number of nitrogens with zero attached hydrogens (tertiary/aromatic N) is 3. The largest absolute Gasteiger partial charge is 0.394 e. The van der Waals surface area contributed by atoms with Crippen LogP contribution in [0.2, 0.25) is 0 Å². The van der Waals surface area contributed by atoms with Crippen LogP contribution in [0.25, 0.3) is 0 Å². The molecule has 0 radical (unpaired) electrons. The number of hydrogen-bond acceptors (Lipinski definition) is 4. The van der Waals surface area contributed by atoms with Crippen LogP contribution in [0.1, 0.15) is 38.3 Å². The van der Waals surface area contributed by atoms with Gasteiger partial charge in [-0.25, -0.2) is 4.68 Å². The van der Waals surface area contributed by atoms with Crippen LogP contribution in [0.3, 0.4) is 0 Å². The van der Waals surface area contributed by atoms with Crippen LogP contribution < -0.4 is 11.1 Å². The summed E-state index contributed by atoms with van der Waals surface area (Å²) in [6.45, 7) is 7.21. The van der Waals surface area contributed by atoms with Crippen molar-refractivity contribution in [1.29, 1.82) is 0 Å². The fraction of sp³-hybridized carbons (Fsp3) is 0.786. The van der Waals surface area contributed by atoms with Crippen molar-refractivity contribution < 1.29 is 0 Å². The van der Waals surface area contributed by atoms with Gasteiger partial charge >= 0.3 is 0 Å². The minimum atomic E-state index is 0.610. The normalized spacial score (nSPS) is 20.7. The van der Waals surface area contributed by atoms with E-state index < -0.39 is 0 Å². The Morgan fingerprint density at radius 3 is 2.89 bits per heavy atom. The topological polar surface area (TPSA) is 59.1 Å². The summed E-state index contributed by atoms with van der Waals surface area (Å²) < 4.78 is 2.01.